The summed E-state index contributed by atoms with van der Waals surface area (Å²) in [6, 6.07) is 19.8. The van der Waals surface area contributed by atoms with Crippen molar-refractivity contribution in [3.8, 4) is 11.3 Å². The van der Waals surface area contributed by atoms with Crippen LogP contribution in [-0.2, 0) is 7.05 Å². The van der Waals surface area contributed by atoms with Crippen molar-refractivity contribution >= 4 is 23.8 Å². The van der Waals surface area contributed by atoms with Gasteiger partial charge in [0.2, 0.25) is 5.76 Å². The Balaban J connectivity index is 1.86. The van der Waals surface area contributed by atoms with Gasteiger partial charge in [-0.25, -0.2) is 4.52 Å². The highest BCUT2D eigenvalue weighted by Crippen LogP contribution is 2.20. The van der Waals surface area contributed by atoms with Crippen LogP contribution in [0.3, 0.4) is 0 Å². The summed E-state index contributed by atoms with van der Waals surface area (Å²) < 4.78 is 7.51. The largest absolute Gasteiger partial charge is 0.255 e. The van der Waals surface area contributed by atoms with Gasteiger partial charge in [0.05, 0.1) is 6.07 Å². The summed E-state index contributed by atoms with van der Waals surface area (Å²) in [5, 5.41) is 0.743. The molecular weight excluding hydrogens is 282 g/mol. The summed E-state index contributed by atoms with van der Waals surface area (Å²) in [5.41, 5.74) is 3.17. The number of aromatic nitrogens is 1. The Hall–Kier alpha value is -2.32. The Kier molecular flexibility index (Phi) is 3.89. The molecule has 21 heavy (non-hydrogen) atoms. The molecule has 104 valence electrons. The molecule has 0 radical (unpaired) electrons. The third-order valence-electron chi connectivity index (χ3n) is 3.25. The molecular formula is C18H15ClNO+. The molecule has 3 heteroatoms. The van der Waals surface area contributed by atoms with Crippen LogP contribution < -0.4 is 4.74 Å². The van der Waals surface area contributed by atoms with Gasteiger partial charge in [-0.15, -0.1) is 0 Å². The average molecular weight is 297 g/mol. The van der Waals surface area contributed by atoms with Crippen LogP contribution in [0.25, 0.3) is 23.5 Å². The van der Waals surface area contributed by atoms with Crippen molar-refractivity contribution in [3.63, 3.8) is 0 Å². The van der Waals surface area contributed by atoms with Crippen LogP contribution in [0.5, 0.6) is 0 Å². The minimum Gasteiger partial charge on any atom is -0.236 e. The topological polar surface area (TPSA) is 17.0 Å². The van der Waals surface area contributed by atoms with Crippen molar-refractivity contribution in [2.75, 3.05) is 0 Å². The van der Waals surface area contributed by atoms with Gasteiger partial charge in [-0.05, 0) is 28.5 Å². The van der Waals surface area contributed by atoms with Gasteiger partial charge >= 0.3 is 0 Å². The molecule has 0 amide bonds. The van der Waals surface area contributed by atoms with Crippen LogP contribution in [0, 0.1) is 0 Å². The first-order valence-corrected chi connectivity index (χ1v) is 7.09. The lowest BCUT2D eigenvalue weighted by Crippen LogP contribution is -2.27. The fraction of sp³-hybridized carbons (Fsp3) is 0.0556. The number of aryl methyl sites for hydroxylation is 1. The van der Waals surface area contributed by atoms with E-state index in [9.17, 15) is 0 Å². The number of benzene rings is 2. The average Bonchev–Trinajstić information content (AvgIpc) is 2.89. The van der Waals surface area contributed by atoms with E-state index in [2.05, 4.69) is 0 Å². The molecule has 0 N–H and O–H groups in total. The molecule has 1 aromatic heterocycles. The summed E-state index contributed by atoms with van der Waals surface area (Å²) in [5.74, 6) is 0.855. The number of nitrogens with zero attached hydrogens (tertiary/aromatic N) is 1. The second-order valence-electron chi connectivity index (χ2n) is 4.77. The normalized spacial score (nSPS) is 11.1. The molecule has 2 nitrogen and oxygen atoms in total. The minimum absolute atomic E-state index is 0.743. The zero-order valence-corrected chi connectivity index (χ0v) is 12.4. The van der Waals surface area contributed by atoms with Crippen LogP contribution >= 0.6 is 11.6 Å². The van der Waals surface area contributed by atoms with E-state index in [1.807, 2.05) is 79.9 Å². The van der Waals surface area contributed by atoms with Gasteiger partial charge in [-0.1, -0.05) is 54.1 Å². The molecule has 0 bridgehead atoms. The summed E-state index contributed by atoms with van der Waals surface area (Å²) in [6.45, 7) is 0. The lowest BCUT2D eigenvalue weighted by Gasteiger charge is -1.91. The second kappa shape index (κ2) is 5.98. The van der Waals surface area contributed by atoms with E-state index in [1.165, 1.54) is 0 Å². The molecule has 3 aromatic rings. The highest BCUT2D eigenvalue weighted by molar-refractivity contribution is 6.30. The first-order chi connectivity index (χ1) is 10.2. The third kappa shape index (κ3) is 3.23. The molecule has 0 atom stereocenters. The van der Waals surface area contributed by atoms with E-state index in [1.54, 1.807) is 4.74 Å². The summed E-state index contributed by atoms with van der Waals surface area (Å²) in [4.78, 5) is 0. The molecule has 3 rings (SSSR count). The van der Waals surface area contributed by atoms with Crippen molar-refractivity contribution in [2.45, 2.75) is 0 Å². The molecule has 0 spiro atoms. The van der Waals surface area contributed by atoms with Crippen LogP contribution in [-0.4, -0.2) is 0 Å². The fourth-order valence-corrected chi connectivity index (χ4v) is 2.22. The predicted molar refractivity (Wildman–Crippen MR) is 85.7 cm³/mol. The summed E-state index contributed by atoms with van der Waals surface area (Å²) in [6.07, 6.45) is 4.06. The predicted octanol–water partition coefficient (Wildman–Crippen LogP) is 4.59. The highest BCUT2D eigenvalue weighted by atomic mass is 35.5. The van der Waals surface area contributed by atoms with E-state index in [0.29, 0.717) is 0 Å². The van der Waals surface area contributed by atoms with Gasteiger partial charge < -0.3 is 0 Å². The third-order valence-corrected chi connectivity index (χ3v) is 3.50. The molecule has 0 saturated heterocycles. The molecule has 0 aliphatic rings. The number of halogens is 1. The zero-order valence-electron chi connectivity index (χ0n) is 11.7. The summed E-state index contributed by atoms with van der Waals surface area (Å²) in [7, 11) is 1.90. The van der Waals surface area contributed by atoms with Crippen molar-refractivity contribution in [3.05, 3.63) is 76.9 Å². The van der Waals surface area contributed by atoms with Gasteiger partial charge in [0.1, 0.15) is 0 Å². The van der Waals surface area contributed by atoms with Gasteiger partial charge in [0.15, 0.2) is 7.05 Å². The maximum absolute atomic E-state index is 5.88. The quantitative estimate of drug-likeness (QED) is 0.646. The zero-order chi connectivity index (χ0) is 14.7. The van der Waals surface area contributed by atoms with Crippen LogP contribution in [0.4, 0.5) is 0 Å². The Morgan fingerprint density at radius 2 is 1.67 bits per heavy atom. The van der Waals surface area contributed by atoms with Gasteiger partial charge in [0.25, 0.3) is 5.69 Å². The van der Waals surface area contributed by atoms with E-state index in [4.69, 9.17) is 16.1 Å². The lowest BCUT2D eigenvalue weighted by atomic mass is 10.1. The van der Waals surface area contributed by atoms with Crippen molar-refractivity contribution in [1.29, 1.82) is 0 Å². The second-order valence-corrected chi connectivity index (χ2v) is 5.21. The Labute approximate surface area is 128 Å². The summed E-state index contributed by atoms with van der Waals surface area (Å²) >= 11 is 5.88. The van der Waals surface area contributed by atoms with Gasteiger partial charge in [0, 0.05) is 16.7 Å². The van der Waals surface area contributed by atoms with Gasteiger partial charge in [-0.3, -0.25) is 0 Å². The molecule has 1 heterocycles. The smallest absolute Gasteiger partial charge is 0.236 e. The fourth-order valence-electron chi connectivity index (χ4n) is 2.10. The Morgan fingerprint density at radius 1 is 0.952 bits per heavy atom. The Morgan fingerprint density at radius 3 is 2.38 bits per heavy atom. The van der Waals surface area contributed by atoms with Crippen molar-refractivity contribution in [2.24, 2.45) is 7.05 Å². The molecule has 0 saturated carbocycles. The molecule has 0 aliphatic carbocycles. The van der Waals surface area contributed by atoms with Crippen LogP contribution in [0.15, 0.2) is 65.2 Å². The monoisotopic (exact) mass is 296 g/mol. The van der Waals surface area contributed by atoms with E-state index < -0.39 is 0 Å². The lowest BCUT2D eigenvalue weighted by molar-refractivity contribution is -0.844. The molecule has 0 fully saturated rings. The maximum Gasteiger partial charge on any atom is 0.255 e. The maximum atomic E-state index is 5.88. The SMILES string of the molecule is C[n+]1oc(-c2ccccc2)cc1C=Cc1ccc(Cl)cc1. The standard InChI is InChI=1S/C18H15ClNO/c1-20-17(12-9-14-7-10-16(19)11-8-14)13-18(21-20)15-5-3-2-4-6-15/h2-13H,1H3/q+1. The molecule has 0 aliphatic heterocycles. The first-order valence-electron chi connectivity index (χ1n) is 6.72. The van der Waals surface area contributed by atoms with Crippen molar-refractivity contribution in [1.82, 2.24) is 0 Å². The van der Waals surface area contributed by atoms with Gasteiger partial charge in [-0.2, -0.15) is 0 Å². The number of hydrogen-bond acceptors (Lipinski definition) is 1. The molecule has 0 unspecified atom stereocenters. The first kappa shape index (κ1) is 13.7. The highest BCUT2D eigenvalue weighted by Gasteiger charge is 2.14. The van der Waals surface area contributed by atoms with Crippen LogP contribution in [0.1, 0.15) is 11.3 Å². The van der Waals surface area contributed by atoms with Crippen molar-refractivity contribution < 1.29 is 9.26 Å². The Bertz CT molecular complexity index is 758. The van der Waals surface area contributed by atoms with E-state index in [0.717, 1.165) is 27.6 Å². The molecule has 2 aromatic carbocycles. The van der Waals surface area contributed by atoms with Crippen LogP contribution in [0.2, 0.25) is 5.02 Å². The van der Waals surface area contributed by atoms with E-state index >= 15 is 0 Å². The minimum atomic E-state index is 0.743. The van der Waals surface area contributed by atoms with E-state index in [-0.39, 0.29) is 0 Å². The number of hydrogen-bond donors (Lipinski definition) is 0. The number of rotatable bonds is 3.